The van der Waals surface area contributed by atoms with Crippen LogP contribution >= 0.6 is 0 Å². The molecule has 1 aliphatic heterocycles. The summed E-state index contributed by atoms with van der Waals surface area (Å²) in [4.78, 5) is 6.99. The van der Waals surface area contributed by atoms with Crippen molar-refractivity contribution in [2.45, 2.75) is 46.1 Å². The van der Waals surface area contributed by atoms with Crippen LogP contribution in [-0.4, -0.2) is 38.1 Å². The zero-order chi connectivity index (χ0) is 15.4. The quantitative estimate of drug-likeness (QED) is 0.846. The van der Waals surface area contributed by atoms with E-state index in [1.807, 2.05) is 23.1 Å². The molecule has 0 unspecified atom stereocenters. The van der Waals surface area contributed by atoms with Gasteiger partial charge < -0.3 is 4.90 Å². The van der Waals surface area contributed by atoms with E-state index in [4.69, 9.17) is 4.98 Å². The molecule has 1 fully saturated rings. The summed E-state index contributed by atoms with van der Waals surface area (Å²) < 4.78 is 2.03. The highest BCUT2D eigenvalue weighted by molar-refractivity contribution is 5.31. The minimum absolute atomic E-state index is 0.685. The second-order valence-electron chi connectivity index (χ2n) is 5.87. The molecule has 0 bridgehead atoms. The average Bonchev–Trinajstić information content (AvgIpc) is 3.08. The van der Waals surface area contributed by atoms with Gasteiger partial charge in [-0.25, -0.2) is 4.98 Å². The van der Waals surface area contributed by atoms with Crippen molar-refractivity contribution in [1.82, 2.24) is 25.0 Å². The van der Waals surface area contributed by atoms with Crippen LogP contribution in [0.1, 0.15) is 38.1 Å². The second-order valence-corrected chi connectivity index (χ2v) is 5.87. The van der Waals surface area contributed by atoms with E-state index in [2.05, 4.69) is 34.0 Å². The minimum Gasteiger partial charge on any atom is -0.339 e. The summed E-state index contributed by atoms with van der Waals surface area (Å²) in [6.07, 6.45) is 8.00. The standard InChI is InChI=1S/C16H24N6/c1-3-14-15(4-2)19-20-16(18-14)21-10-6-13(7-11-21)12-22-9-5-8-17-22/h5,8-9,13H,3-4,6-7,10-12H2,1-2H3. The molecule has 0 radical (unpaired) electrons. The molecule has 0 spiro atoms. The Morgan fingerprint density at radius 3 is 2.50 bits per heavy atom. The molecule has 22 heavy (non-hydrogen) atoms. The zero-order valence-electron chi connectivity index (χ0n) is 13.4. The first-order chi connectivity index (χ1) is 10.8. The Hall–Kier alpha value is -1.98. The predicted octanol–water partition coefficient (Wildman–Crippen LogP) is 2.11. The summed E-state index contributed by atoms with van der Waals surface area (Å²) in [7, 11) is 0. The van der Waals surface area contributed by atoms with Crippen molar-refractivity contribution >= 4 is 5.95 Å². The van der Waals surface area contributed by atoms with E-state index >= 15 is 0 Å². The summed E-state index contributed by atoms with van der Waals surface area (Å²) in [6, 6.07) is 1.98. The molecule has 0 aliphatic carbocycles. The van der Waals surface area contributed by atoms with E-state index in [9.17, 15) is 0 Å². The van der Waals surface area contributed by atoms with Gasteiger partial charge in [0.25, 0.3) is 0 Å². The van der Waals surface area contributed by atoms with E-state index in [1.54, 1.807) is 0 Å². The summed E-state index contributed by atoms with van der Waals surface area (Å²) in [5, 5.41) is 13.0. The molecule has 0 atom stereocenters. The van der Waals surface area contributed by atoms with Crippen LogP contribution in [0.15, 0.2) is 18.5 Å². The first-order valence-electron chi connectivity index (χ1n) is 8.25. The van der Waals surface area contributed by atoms with Crippen molar-refractivity contribution < 1.29 is 0 Å². The van der Waals surface area contributed by atoms with Gasteiger partial charge in [0.1, 0.15) is 0 Å². The van der Waals surface area contributed by atoms with Gasteiger partial charge in [0, 0.05) is 32.0 Å². The van der Waals surface area contributed by atoms with Crippen LogP contribution in [0.5, 0.6) is 0 Å². The largest absolute Gasteiger partial charge is 0.339 e. The van der Waals surface area contributed by atoms with Crippen molar-refractivity contribution in [2.24, 2.45) is 5.92 Å². The fourth-order valence-corrected chi connectivity index (χ4v) is 3.05. The number of anilines is 1. The first kappa shape index (κ1) is 14.9. The lowest BCUT2D eigenvalue weighted by Crippen LogP contribution is -2.36. The summed E-state index contributed by atoms with van der Waals surface area (Å²) in [5.41, 5.74) is 2.12. The summed E-state index contributed by atoms with van der Waals surface area (Å²) in [5.74, 6) is 1.48. The van der Waals surface area contributed by atoms with Crippen LogP contribution in [0.3, 0.4) is 0 Å². The molecule has 3 rings (SSSR count). The lowest BCUT2D eigenvalue weighted by atomic mass is 9.97. The number of rotatable bonds is 5. The van der Waals surface area contributed by atoms with E-state index in [1.165, 1.54) is 0 Å². The number of hydrogen-bond donors (Lipinski definition) is 0. The summed E-state index contributed by atoms with van der Waals surface area (Å²) in [6.45, 7) is 7.24. The van der Waals surface area contributed by atoms with E-state index < -0.39 is 0 Å². The van der Waals surface area contributed by atoms with E-state index in [0.29, 0.717) is 5.92 Å². The topological polar surface area (TPSA) is 59.7 Å². The Bertz CT molecular complexity index is 587. The van der Waals surface area contributed by atoms with Gasteiger partial charge in [-0.1, -0.05) is 13.8 Å². The fraction of sp³-hybridized carbons (Fsp3) is 0.625. The molecule has 6 nitrogen and oxygen atoms in total. The molecule has 0 saturated carbocycles. The number of piperidine rings is 1. The SMILES string of the molecule is CCc1nnc(N2CCC(Cn3cccn3)CC2)nc1CC. The van der Waals surface area contributed by atoms with Crippen molar-refractivity contribution in [3.63, 3.8) is 0 Å². The van der Waals surface area contributed by atoms with Crippen LogP contribution in [0.4, 0.5) is 5.95 Å². The third kappa shape index (κ3) is 3.26. The molecule has 1 saturated heterocycles. The lowest BCUT2D eigenvalue weighted by Gasteiger charge is -2.31. The molecular weight excluding hydrogens is 276 g/mol. The Labute approximate surface area is 131 Å². The van der Waals surface area contributed by atoms with E-state index in [-0.39, 0.29) is 0 Å². The molecule has 6 heteroatoms. The van der Waals surface area contributed by atoms with Crippen LogP contribution in [0.25, 0.3) is 0 Å². The smallest absolute Gasteiger partial charge is 0.245 e. The highest BCUT2D eigenvalue weighted by Gasteiger charge is 2.22. The first-order valence-corrected chi connectivity index (χ1v) is 8.25. The van der Waals surface area contributed by atoms with Gasteiger partial charge in [0.05, 0.1) is 11.4 Å². The Kier molecular flexibility index (Phi) is 4.65. The van der Waals surface area contributed by atoms with Gasteiger partial charge in [-0.3, -0.25) is 4.68 Å². The highest BCUT2D eigenvalue weighted by Crippen LogP contribution is 2.22. The maximum atomic E-state index is 4.72. The van der Waals surface area contributed by atoms with Gasteiger partial charge in [0.2, 0.25) is 5.95 Å². The van der Waals surface area contributed by atoms with Gasteiger partial charge in [-0.15, -0.1) is 5.10 Å². The Morgan fingerprint density at radius 2 is 1.86 bits per heavy atom. The van der Waals surface area contributed by atoms with Crippen molar-refractivity contribution in [2.75, 3.05) is 18.0 Å². The van der Waals surface area contributed by atoms with Gasteiger partial charge in [-0.2, -0.15) is 10.2 Å². The lowest BCUT2D eigenvalue weighted by molar-refractivity contribution is 0.340. The monoisotopic (exact) mass is 300 g/mol. The molecule has 0 amide bonds. The third-order valence-corrected chi connectivity index (χ3v) is 4.40. The van der Waals surface area contributed by atoms with Crippen LogP contribution in [-0.2, 0) is 19.4 Å². The van der Waals surface area contributed by atoms with Crippen LogP contribution < -0.4 is 4.90 Å². The molecule has 2 aromatic heterocycles. The number of aryl methyl sites for hydroxylation is 2. The normalized spacial score (nSPS) is 16.2. The van der Waals surface area contributed by atoms with Gasteiger partial charge >= 0.3 is 0 Å². The molecule has 0 N–H and O–H groups in total. The second kappa shape index (κ2) is 6.85. The van der Waals surface area contributed by atoms with Crippen molar-refractivity contribution in [3.05, 3.63) is 29.8 Å². The number of nitrogens with zero attached hydrogens (tertiary/aromatic N) is 6. The summed E-state index contributed by atoms with van der Waals surface area (Å²) >= 11 is 0. The maximum Gasteiger partial charge on any atom is 0.245 e. The van der Waals surface area contributed by atoms with Crippen molar-refractivity contribution in [1.29, 1.82) is 0 Å². The molecular formula is C16H24N6. The maximum absolute atomic E-state index is 4.72. The highest BCUT2D eigenvalue weighted by atomic mass is 15.3. The predicted molar refractivity (Wildman–Crippen MR) is 85.7 cm³/mol. The van der Waals surface area contributed by atoms with Crippen LogP contribution in [0.2, 0.25) is 0 Å². The number of aromatic nitrogens is 5. The minimum atomic E-state index is 0.685. The molecule has 1 aliphatic rings. The van der Waals surface area contributed by atoms with Gasteiger partial charge in [-0.05, 0) is 37.7 Å². The van der Waals surface area contributed by atoms with Crippen molar-refractivity contribution in [3.8, 4) is 0 Å². The van der Waals surface area contributed by atoms with Crippen LogP contribution in [0, 0.1) is 5.92 Å². The molecule has 118 valence electrons. The Morgan fingerprint density at radius 1 is 1.09 bits per heavy atom. The molecule has 3 heterocycles. The zero-order valence-corrected chi connectivity index (χ0v) is 13.4. The van der Waals surface area contributed by atoms with Gasteiger partial charge in [0.15, 0.2) is 0 Å². The average molecular weight is 300 g/mol. The Balaban J connectivity index is 1.61. The molecule has 0 aromatic carbocycles. The fourth-order valence-electron chi connectivity index (χ4n) is 3.05. The number of hydrogen-bond acceptors (Lipinski definition) is 5. The molecule has 2 aromatic rings. The third-order valence-electron chi connectivity index (χ3n) is 4.40. The van der Waals surface area contributed by atoms with E-state index in [0.717, 1.165) is 62.7 Å².